The fraction of sp³-hybridized carbons (Fsp3) is 1.00. The third-order valence-electron chi connectivity index (χ3n) is 2.09. The number of rotatable bonds is 15. The minimum Gasteiger partial charge on any atom is -0.286 e. The highest BCUT2D eigenvalue weighted by Crippen LogP contribution is 2.12. The number of thioether (sulfide) groups is 4. The van der Waals surface area contributed by atoms with Gasteiger partial charge in [-0.1, -0.05) is 0 Å². The van der Waals surface area contributed by atoms with Gasteiger partial charge in [-0.15, -0.1) is 0 Å². The quantitative estimate of drug-likeness (QED) is 0.294. The molecule has 22 heavy (non-hydrogen) atoms. The van der Waals surface area contributed by atoms with E-state index in [1.807, 2.05) is 23.5 Å². The third kappa shape index (κ3) is 21.2. The summed E-state index contributed by atoms with van der Waals surface area (Å²) in [4.78, 5) is 0. The van der Waals surface area contributed by atoms with E-state index >= 15 is 0 Å². The molecule has 0 aliphatic heterocycles. The predicted molar refractivity (Wildman–Crippen MR) is 102 cm³/mol. The maximum absolute atomic E-state index is 10.5. The van der Waals surface area contributed by atoms with Crippen molar-refractivity contribution in [2.75, 3.05) is 57.5 Å². The zero-order chi connectivity index (χ0) is 16.9. The van der Waals surface area contributed by atoms with E-state index < -0.39 is 20.2 Å². The standard InChI is InChI=1S/C10H22O6S6/c11-21(12,13)9-7-19-5-3-17-1-2-18-4-6-20-8-10-22(14,15)16/h1-10H2,(H,11,12,13)(H,14,15,16). The van der Waals surface area contributed by atoms with E-state index in [1.54, 1.807) is 0 Å². The largest absolute Gasteiger partial charge is 0.286 e. The Balaban J connectivity index is 3.15. The second-order valence-electron chi connectivity index (χ2n) is 4.02. The van der Waals surface area contributed by atoms with Crippen molar-refractivity contribution in [2.45, 2.75) is 0 Å². The summed E-state index contributed by atoms with van der Waals surface area (Å²) in [5, 5.41) is 0. The molecule has 6 nitrogen and oxygen atoms in total. The Morgan fingerprint density at radius 3 is 0.955 bits per heavy atom. The van der Waals surface area contributed by atoms with Crippen LogP contribution in [-0.4, -0.2) is 83.5 Å². The molecule has 0 aromatic heterocycles. The van der Waals surface area contributed by atoms with Gasteiger partial charge in [-0.2, -0.15) is 63.9 Å². The van der Waals surface area contributed by atoms with Gasteiger partial charge in [-0.25, -0.2) is 0 Å². The third-order valence-corrected chi connectivity index (χ3v) is 8.76. The average Bonchev–Trinajstić information content (AvgIpc) is 2.36. The van der Waals surface area contributed by atoms with E-state index in [0.717, 1.165) is 34.5 Å². The van der Waals surface area contributed by atoms with Crippen molar-refractivity contribution in [1.82, 2.24) is 0 Å². The Labute approximate surface area is 150 Å². The van der Waals surface area contributed by atoms with Gasteiger partial charge in [0.2, 0.25) is 0 Å². The molecular weight excluding hydrogens is 409 g/mol. The second kappa shape index (κ2) is 13.5. The Bertz CT molecular complexity index is 418. The summed E-state index contributed by atoms with van der Waals surface area (Å²) < 4.78 is 59.0. The fourth-order valence-corrected chi connectivity index (χ4v) is 7.36. The molecule has 0 radical (unpaired) electrons. The van der Waals surface area contributed by atoms with Crippen LogP contribution in [0.1, 0.15) is 0 Å². The highest BCUT2D eigenvalue weighted by atomic mass is 32.2. The van der Waals surface area contributed by atoms with Gasteiger partial charge in [-0.3, -0.25) is 9.11 Å². The van der Waals surface area contributed by atoms with Crippen LogP contribution in [0.2, 0.25) is 0 Å². The molecule has 0 fully saturated rings. The lowest BCUT2D eigenvalue weighted by Crippen LogP contribution is -2.06. The lowest BCUT2D eigenvalue weighted by molar-refractivity contribution is 0.483. The van der Waals surface area contributed by atoms with Crippen molar-refractivity contribution < 1.29 is 25.9 Å². The minimum atomic E-state index is -3.83. The van der Waals surface area contributed by atoms with E-state index in [0.29, 0.717) is 11.5 Å². The lowest BCUT2D eigenvalue weighted by Gasteiger charge is -2.03. The first-order valence-electron chi connectivity index (χ1n) is 6.42. The van der Waals surface area contributed by atoms with Gasteiger partial charge < -0.3 is 0 Å². The van der Waals surface area contributed by atoms with Crippen LogP contribution in [0.5, 0.6) is 0 Å². The highest BCUT2D eigenvalue weighted by Gasteiger charge is 2.04. The molecule has 0 heterocycles. The summed E-state index contributed by atoms with van der Waals surface area (Å²) in [6.07, 6.45) is 0. The zero-order valence-electron chi connectivity index (χ0n) is 12.0. The van der Waals surface area contributed by atoms with Crippen molar-refractivity contribution in [3.8, 4) is 0 Å². The fourth-order valence-electron chi connectivity index (χ4n) is 1.09. The zero-order valence-corrected chi connectivity index (χ0v) is 16.9. The first-order chi connectivity index (χ1) is 10.2. The molecule has 12 heteroatoms. The first kappa shape index (κ1) is 23.2. The van der Waals surface area contributed by atoms with Gasteiger partial charge in [0.15, 0.2) is 0 Å². The Morgan fingerprint density at radius 2 is 0.727 bits per heavy atom. The number of hydrogen-bond donors (Lipinski definition) is 2. The molecule has 0 saturated carbocycles. The monoisotopic (exact) mass is 430 g/mol. The van der Waals surface area contributed by atoms with E-state index in [2.05, 4.69) is 0 Å². The van der Waals surface area contributed by atoms with Crippen LogP contribution in [0.3, 0.4) is 0 Å². The van der Waals surface area contributed by atoms with Crippen LogP contribution in [0.15, 0.2) is 0 Å². The van der Waals surface area contributed by atoms with Crippen molar-refractivity contribution in [3.63, 3.8) is 0 Å². The van der Waals surface area contributed by atoms with Crippen LogP contribution >= 0.6 is 47.0 Å². The molecule has 0 aromatic carbocycles. The SMILES string of the molecule is O=S(=O)(O)CCSCCSCCSCCSCCS(=O)(=O)O. The van der Waals surface area contributed by atoms with Crippen molar-refractivity contribution in [1.29, 1.82) is 0 Å². The van der Waals surface area contributed by atoms with Gasteiger partial charge in [0.1, 0.15) is 0 Å². The molecule has 0 aromatic rings. The van der Waals surface area contributed by atoms with Gasteiger partial charge in [0.05, 0.1) is 11.5 Å². The van der Waals surface area contributed by atoms with Crippen LogP contribution in [0.4, 0.5) is 0 Å². The molecular formula is C10H22O6S6. The van der Waals surface area contributed by atoms with E-state index in [-0.39, 0.29) is 11.5 Å². The summed E-state index contributed by atoms with van der Waals surface area (Å²) in [5.74, 6) is 6.19. The van der Waals surface area contributed by atoms with Crippen LogP contribution in [-0.2, 0) is 20.2 Å². The average molecular weight is 431 g/mol. The molecule has 0 rings (SSSR count). The van der Waals surface area contributed by atoms with Crippen molar-refractivity contribution in [2.24, 2.45) is 0 Å². The van der Waals surface area contributed by atoms with Crippen molar-refractivity contribution >= 4 is 67.3 Å². The summed E-state index contributed by atoms with van der Waals surface area (Å²) in [6, 6.07) is 0. The van der Waals surface area contributed by atoms with Gasteiger partial charge in [0.25, 0.3) is 20.2 Å². The van der Waals surface area contributed by atoms with Crippen LogP contribution in [0, 0.1) is 0 Å². The topological polar surface area (TPSA) is 109 Å². The highest BCUT2D eigenvalue weighted by molar-refractivity contribution is 8.05. The second-order valence-corrected chi connectivity index (χ2v) is 12.1. The summed E-state index contributed by atoms with van der Waals surface area (Å²) in [5.41, 5.74) is 0. The minimum absolute atomic E-state index is 0.187. The Kier molecular flexibility index (Phi) is 14.3. The van der Waals surface area contributed by atoms with E-state index in [4.69, 9.17) is 9.11 Å². The summed E-state index contributed by atoms with van der Waals surface area (Å²) in [6.45, 7) is 0. The van der Waals surface area contributed by atoms with Crippen molar-refractivity contribution in [3.05, 3.63) is 0 Å². The first-order valence-corrected chi connectivity index (χ1v) is 14.3. The lowest BCUT2D eigenvalue weighted by atomic mass is 10.9. The van der Waals surface area contributed by atoms with E-state index in [1.165, 1.54) is 23.5 Å². The number of hydrogen-bond acceptors (Lipinski definition) is 8. The Hall–Kier alpha value is 1.22. The summed E-state index contributed by atoms with van der Waals surface area (Å²) >= 11 is 6.66. The molecule has 0 aliphatic rings. The molecule has 0 atom stereocenters. The van der Waals surface area contributed by atoms with Crippen LogP contribution in [0.25, 0.3) is 0 Å². The maximum Gasteiger partial charge on any atom is 0.265 e. The van der Waals surface area contributed by atoms with E-state index in [9.17, 15) is 16.8 Å². The molecule has 0 unspecified atom stereocenters. The predicted octanol–water partition coefficient (Wildman–Crippen LogP) is 1.69. The molecule has 0 bridgehead atoms. The Morgan fingerprint density at radius 1 is 0.500 bits per heavy atom. The molecule has 134 valence electrons. The maximum atomic E-state index is 10.5. The van der Waals surface area contributed by atoms with Gasteiger partial charge in [0, 0.05) is 46.0 Å². The van der Waals surface area contributed by atoms with Gasteiger partial charge >= 0.3 is 0 Å². The molecule has 0 aliphatic carbocycles. The molecule has 0 amide bonds. The molecule has 0 spiro atoms. The molecule has 2 N–H and O–H groups in total. The normalized spacial score (nSPS) is 12.6. The van der Waals surface area contributed by atoms with Gasteiger partial charge in [-0.05, 0) is 0 Å². The molecule has 0 saturated heterocycles. The summed E-state index contributed by atoms with van der Waals surface area (Å²) in [7, 11) is -7.65. The smallest absolute Gasteiger partial charge is 0.265 e. The van der Waals surface area contributed by atoms with Crippen LogP contribution < -0.4 is 0 Å².